The number of rotatable bonds is 0. The molecule has 1 nitrogen and oxygen atoms in total. The van der Waals surface area contributed by atoms with E-state index < -0.39 is 0 Å². The zero-order valence-corrected chi connectivity index (χ0v) is 8.18. The Bertz CT molecular complexity index is 282. The third-order valence-corrected chi connectivity index (χ3v) is 2.02. The van der Waals surface area contributed by atoms with Gasteiger partial charge in [0.15, 0.2) is 0 Å². The van der Waals surface area contributed by atoms with Crippen LogP contribution in [0.25, 0.3) is 0 Å². The molecule has 12 heavy (non-hydrogen) atoms. The SMILES string of the molecule is Cc1cc(O)ccc1C(C)(C)C. The summed E-state index contributed by atoms with van der Waals surface area (Å²) in [6.07, 6.45) is 0. The molecule has 1 aromatic carbocycles. The normalized spacial score (nSPS) is 11.7. The lowest BCUT2D eigenvalue weighted by molar-refractivity contribution is 0.473. The fourth-order valence-electron chi connectivity index (χ4n) is 1.49. The smallest absolute Gasteiger partial charge is 0.115 e. The number of phenolic OH excluding ortho intramolecular Hbond substituents is 1. The van der Waals surface area contributed by atoms with E-state index in [4.69, 9.17) is 0 Å². The van der Waals surface area contributed by atoms with Crippen molar-refractivity contribution in [2.24, 2.45) is 0 Å². The Balaban J connectivity index is 3.19. The number of phenols is 1. The van der Waals surface area contributed by atoms with E-state index in [0.717, 1.165) is 5.56 Å². The molecular weight excluding hydrogens is 148 g/mol. The fraction of sp³-hybridized carbons (Fsp3) is 0.455. The van der Waals surface area contributed by atoms with Crippen molar-refractivity contribution in [3.63, 3.8) is 0 Å². The van der Waals surface area contributed by atoms with Gasteiger partial charge in [-0.05, 0) is 35.6 Å². The molecule has 0 aromatic heterocycles. The lowest BCUT2D eigenvalue weighted by Crippen LogP contribution is -2.12. The molecule has 0 saturated carbocycles. The van der Waals surface area contributed by atoms with Crippen LogP contribution in [0.1, 0.15) is 31.9 Å². The number of benzene rings is 1. The van der Waals surface area contributed by atoms with Crippen molar-refractivity contribution in [3.8, 4) is 5.75 Å². The van der Waals surface area contributed by atoms with E-state index in [1.807, 2.05) is 13.0 Å². The average molecular weight is 164 g/mol. The van der Waals surface area contributed by atoms with Crippen molar-refractivity contribution >= 4 is 0 Å². The summed E-state index contributed by atoms with van der Waals surface area (Å²) in [4.78, 5) is 0. The minimum absolute atomic E-state index is 0.164. The van der Waals surface area contributed by atoms with Crippen LogP contribution in [-0.4, -0.2) is 5.11 Å². The molecule has 0 fully saturated rings. The Morgan fingerprint density at radius 3 is 2.17 bits per heavy atom. The topological polar surface area (TPSA) is 20.2 Å². The summed E-state index contributed by atoms with van der Waals surface area (Å²) in [5.41, 5.74) is 2.61. The molecule has 0 saturated heterocycles. The van der Waals surface area contributed by atoms with Gasteiger partial charge in [-0.1, -0.05) is 26.8 Å². The molecule has 0 amide bonds. The van der Waals surface area contributed by atoms with Gasteiger partial charge in [0, 0.05) is 0 Å². The second kappa shape index (κ2) is 2.81. The maximum atomic E-state index is 9.20. The maximum absolute atomic E-state index is 9.20. The molecule has 1 N–H and O–H groups in total. The van der Waals surface area contributed by atoms with Gasteiger partial charge in [-0.25, -0.2) is 0 Å². The molecule has 0 unspecified atom stereocenters. The first-order valence-electron chi connectivity index (χ1n) is 4.21. The van der Waals surface area contributed by atoms with Crippen LogP contribution in [0.5, 0.6) is 5.75 Å². The van der Waals surface area contributed by atoms with Gasteiger partial charge < -0.3 is 5.11 Å². The summed E-state index contributed by atoms with van der Waals surface area (Å²) in [6.45, 7) is 8.55. The molecule has 0 aliphatic rings. The van der Waals surface area contributed by atoms with Gasteiger partial charge in [0.1, 0.15) is 5.75 Å². The molecule has 0 radical (unpaired) electrons. The predicted octanol–water partition coefficient (Wildman–Crippen LogP) is 3.00. The van der Waals surface area contributed by atoms with Crippen molar-refractivity contribution in [2.45, 2.75) is 33.1 Å². The summed E-state index contributed by atoms with van der Waals surface area (Å²) in [6, 6.07) is 5.54. The molecule has 0 aliphatic carbocycles. The Labute approximate surface area is 74.1 Å². The summed E-state index contributed by atoms with van der Waals surface area (Å²) in [7, 11) is 0. The molecule has 1 aromatic rings. The van der Waals surface area contributed by atoms with E-state index in [-0.39, 0.29) is 5.41 Å². The van der Waals surface area contributed by atoms with Gasteiger partial charge >= 0.3 is 0 Å². The quantitative estimate of drug-likeness (QED) is 0.625. The van der Waals surface area contributed by atoms with Crippen LogP contribution in [0.4, 0.5) is 0 Å². The molecule has 0 heterocycles. The maximum Gasteiger partial charge on any atom is 0.115 e. The fourth-order valence-corrected chi connectivity index (χ4v) is 1.49. The highest BCUT2D eigenvalue weighted by molar-refractivity contribution is 5.37. The van der Waals surface area contributed by atoms with E-state index in [1.165, 1.54) is 5.56 Å². The van der Waals surface area contributed by atoms with Gasteiger partial charge in [0.05, 0.1) is 0 Å². The average Bonchev–Trinajstić information content (AvgIpc) is 1.83. The molecular formula is C11H16O. The molecule has 0 atom stereocenters. The Kier molecular flexibility index (Phi) is 2.14. The molecule has 0 aliphatic heterocycles. The Hall–Kier alpha value is -0.980. The van der Waals surface area contributed by atoms with E-state index in [2.05, 4.69) is 20.8 Å². The third kappa shape index (κ3) is 1.79. The highest BCUT2D eigenvalue weighted by atomic mass is 16.3. The first kappa shape index (κ1) is 9.11. The van der Waals surface area contributed by atoms with Crippen molar-refractivity contribution in [2.75, 3.05) is 0 Å². The zero-order valence-electron chi connectivity index (χ0n) is 8.18. The van der Waals surface area contributed by atoms with Crippen LogP contribution in [0, 0.1) is 6.92 Å². The molecule has 0 bridgehead atoms. The predicted molar refractivity (Wildman–Crippen MR) is 51.5 cm³/mol. The number of hydrogen-bond acceptors (Lipinski definition) is 1. The first-order chi connectivity index (χ1) is 5.41. The standard InChI is InChI=1S/C11H16O/c1-8-7-9(12)5-6-10(8)11(2,3)4/h5-7,12H,1-4H3. The first-order valence-corrected chi connectivity index (χ1v) is 4.21. The van der Waals surface area contributed by atoms with E-state index in [0.29, 0.717) is 5.75 Å². The second-order valence-corrected chi connectivity index (χ2v) is 4.25. The van der Waals surface area contributed by atoms with Crippen LogP contribution in [-0.2, 0) is 5.41 Å². The van der Waals surface area contributed by atoms with Crippen LogP contribution < -0.4 is 0 Å². The highest BCUT2D eigenvalue weighted by Gasteiger charge is 2.15. The molecule has 66 valence electrons. The minimum Gasteiger partial charge on any atom is -0.508 e. The van der Waals surface area contributed by atoms with E-state index in [1.54, 1.807) is 12.1 Å². The summed E-state index contributed by atoms with van der Waals surface area (Å²) >= 11 is 0. The van der Waals surface area contributed by atoms with Crippen LogP contribution >= 0.6 is 0 Å². The molecule has 1 rings (SSSR count). The lowest BCUT2D eigenvalue weighted by atomic mass is 9.84. The minimum atomic E-state index is 0.164. The van der Waals surface area contributed by atoms with Crippen molar-refractivity contribution in [1.29, 1.82) is 0 Å². The van der Waals surface area contributed by atoms with Gasteiger partial charge in [-0.15, -0.1) is 0 Å². The number of hydrogen-bond donors (Lipinski definition) is 1. The van der Waals surface area contributed by atoms with Crippen molar-refractivity contribution in [1.82, 2.24) is 0 Å². The number of aryl methyl sites for hydroxylation is 1. The third-order valence-electron chi connectivity index (χ3n) is 2.02. The Morgan fingerprint density at radius 2 is 1.75 bits per heavy atom. The van der Waals surface area contributed by atoms with Crippen LogP contribution in [0.15, 0.2) is 18.2 Å². The van der Waals surface area contributed by atoms with Crippen LogP contribution in [0.3, 0.4) is 0 Å². The summed E-state index contributed by atoms with van der Waals surface area (Å²) in [5.74, 6) is 0.348. The second-order valence-electron chi connectivity index (χ2n) is 4.25. The Morgan fingerprint density at radius 1 is 1.17 bits per heavy atom. The lowest BCUT2D eigenvalue weighted by Gasteiger charge is -2.21. The van der Waals surface area contributed by atoms with Gasteiger partial charge in [0.25, 0.3) is 0 Å². The van der Waals surface area contributed by atoms with Gasteiger partial charge in [0.2, 0.25) is 0 Å². The largest absolute Gasteiger partial charge is 0.508 e. The number of aromatic hydroxyl groups is 1. The highest BCUT2D eigenvalue weighted by Crippen LogP contribution is 2.27. The van der Waals surface area contributed by atoms with Crippen molar-refractivity contribution in [3.05, 3.63) is 29.3 Å². The molecule has 1 heteroatoms. The monoisotopic (exact) mass is 164 g/mol. The zero-order chi connectivity index (χ0) is 9.35. The molecule has 0 spiro atoms. The summed E-state index contributed by atoms with van der Waals surface area (Å²) < 4.78 is 0. The van der Waals surface area contributed by atoms with E-state index in [9.17, 15) is 5.11 Å². The van der Waals surface area contributed by atoms with Gasteiger partial charge in [-0.3, -0.25) is 0 Å². The van der Waals surface area contributed by atoms with Crippen molar-refractivity contribution < 1.29 is 5.11 Å². The van der Waals surface area contributed by atoms with E-state index >= 15 is 0 Å². The van der Waals surface area contributed by atoms with Gasteiger partial charge in [-0.2, -0.15) is 0 Å². The summed E-state index contributed by atoms with van der Waals surface area (Å²) in [5, 5.41) is 9.20. The van der Waals surface area contributed by atoms with Crippen LogP contribution in [0.2, 0.25) is 0 Å².